The van der Waals surface area contributed by atoms with Crippen LogP contribution in [-0.4, -0.2) is 11.3 Å². The highest BCUT2D eigenvalue weighted by molar-refractivity contribution is 7.26. The van der Waals surface area contributed by atoms with Gasteiger partial charge in [0.05, 0.1) is 0 Å². The van der Waals surface area contributed by atoms with E-state index >= 15 is 0 Å². The zero-order chi connectivity index (χ0) is 39.2. The van der Waals surface area contributed by atoms with Crippen molar-refractivity contribution in [1.29, 1.82) is 0 Å². The molecule has 9 aromatic carbocycles. The number of fused-ring (bicyclic) bond motifs is 18. The van der Waals surface area contributed by atoms with Gasteiger partial charge in [0.1, 0.15) is 0 Å². The Balaban J connectivity index is 1.16. The highest BCUT2D eigenvalue weighted by Gasteiger charge is 2.48. The highest BCUT2D eigenvalue weighted by Crippen LogP contribution is 2.57. The molecule has 5 heteroatoms. The van der Waals surface area contributed by atoms with Crippen molar-refractivity contribution in [3.05, 3.63) is 175 Å². The van der Waals surface area contributed by atoms with E-state index in [1.807, 2.05) is 22.7 Å². The summed E-state index contributed by atoms with van der Waals surface area (Å²) >= 11 is 3.81. The Morgan fingerprint density at radius 1 is 0.467 bits per heavy atom. The molecule has 0 saturated carbocycles. The molecule has 0 bridgehead atoms. The fourth-order valence-electron chi connectivity index (χ4n) is 11.7. The summed E-state index contributed by atoms with van der Waals surface area (Å²) in [4.78, 5) is 2.65. The van der Waals surface area contributed by atoms with E-state index in [1.165, 1.54) is 134 Å². The van der Waals surface area contributed by atoms with Crippen molar-refractivity contribution >= 4 is 130 Å². The quantitative estimate of drug-likeness (QED) is 0.150. The normalized spacial score (nSPS) is 14.6. The van der Waals surface area contributed by atoms with Gasteiger partial charge in [-0.1, -0.05) is 117 Å². The van der Waals surface area contributed by atoms with Gasteiger partial charge in [-0.15, -0.1) is 22.7 Å². The summed E-state index contributed by atoms with van der Waals surface area (Å²) in [7, 11) is 0. The first-order chi connectivity index (χ1) is 29.5. The number of rotatable bonds is 1. The third kappa shape index (κ3) is 3.83. The molecule has 15 rings (SSSR count). The number of aromatic nitrogens is 1. The number of nitrogens with zero attached hydrogens (tertiary/aromatic N) is 2. The van der Waals surface area contributed by atoms with Crippen LogP contribution in [0.3, 0.4) is 0 Å². The number of hydrogen-bond donors (Lipinski definition) is 0. The lowest BCUT2D eigenvalue weighted by atomic mass is 9.44. The Morgan fingerprint density at radius 2 is 1.13 bits per heavy atom. The first-order valence-electron chi connectivity index (χ1n) is 20.9. The third-order valence-electron chi connectivity index (χ3n) is 14.3. The van der Waals surface area contributed by atoms with E-state index < -0.39 is 0 Å². The van der Waals surface area contributed by atoms with Gasteiger partial charge in [-0.2, -0.15) is 0 Å². The summed E-state index contributed by atoms with van der Waals surface area (Å²) in [6.45, 7) is 4.83. The lowest BCUT2D eigenvalue weighted by Crippen LogP contribution is -2.57. The van der Waals surface area contributed by atoms with E-state index in [4.69, 9.17) is 0 Å². The maximum atomic E-state index is 2.74. The topological polar surface area (TPSA) is 8.17 Å². The zero-order valence-electron chi connectivity index (χ0n) is 32.9. The Bertz CT molecular complexity index is 3960. The van der Waals surface area contributed by atoms with Crippen LogP contribution in [0.15, 0.2) is 164 Å². The van der Waals surface area contributed by atoms with E-state index in [0.717, 1.165) is 0 Å². The van der Waals surface area contributed by atoms with Crippen LogP contribution in [0.4, 0.5) is 17.1 Å². The van der Waals surface area contributed by atoms with Gasteiger partial charge in [0, 0.05) is 90.2 Å². The molecule has 5 heterocycles. The summed E-state index contributed by atoms with van der Waals surface area (Å²) < 4.78 is 8.06. The Morgan fingerprint density at radius 3 is 1.97 bits per heavy atom. The molecular weight excluding hydrogens is 764 g/mol. The molecule has 60 heavy (non-hydrogen) atoms. The van der Waals surface area contributed by atoms with Gasteiger partial charge in [-0.3, -0.25) is 0 Å². The summed E-state index contributed by atoms with van der Waals surface area (Å²) in [5, 5.41) is 10.5. The summed E-state index contributed by atoms with van der Waals surface area (Å²) in [5.74, 6) is 0. The van der Waals surface area contributed by atoms with E-state index in [2.05, 4.69) is 187 Å². The van der Waals surface area contributed by atoms with Crippen LogP contribution >= 0.6 is 22.7 Å². The molecule has 0 amide bonds. The number of thiophene rings is 2. The standard InChI is InChI=1S/C55H33BN2S2/c1-55(2)41-19-8-5-16-36(41)51-42(55)28-46-53-52(51)37-18-11-17-35-38-24-30-12-3-4-13-31(30)25-44(38)58(54(35)37)56(53)43-29-50-40(34-15-7-10-21-48(34)60-50)27-45(43)57(46)32-22-23-49-39(26-32)33-14-6-9-20-47(33)59-49/h3-29H,1-2H3. The molecule has 3 aromatic heterocycles. The van der Waals surface area contributed by atoms with Crippen molar-refractivity contribution in [1.82, 2.24) is 4.48 Å². The molecule has 0 unspecified atom stereocenters. The van der Waals surface area contributed by atoms with Crippen molar-refractivity contribution in [3.63, 3.8) is 0 Å². The minimum Gasteiger partial charge on any atom is -0.375 e. The van der Waals surface area contributed by atoms with Gasteiger partial charge in [0.2, 0.25) is 0 Å². The maximum absolute atomic E-state index is 2.74. The molecule has 2 aliphatic heterocycles. The van der Waals surface area contributed by atoms with Crippen molar-refractivity contribution < 1.29 is 0 Å². The second-order valence-corrected chi connectivity index (χ2v) is 19.8. The summed E-state index contributed by atoms with van der Waals surface area (Å²) in [6, 6.07) is 62.8. The fourth-order valence-corrected chi connectivity index (χ4v) is 13.9. The molecule has 0 spiro atoms. The Kier molecular flexibility index (Phi) is 5.87. The molecular formula is C55H33BN2S2. The van der Waals surface area contributed by atoms with Crippen LogP contribution in [0.5, 0.6) is 0 Å². The van der Waals surface area contributed by atoms with Gasteiger partial charge in [0.15, 0.2) is 0 Å². The fraction of sp³-hybridized carbons (Fsp3) is 0.0545. The van der Waals surface area contributed by atoms with Crippen LogP contribution in [0.1, 0.15) is 25.0 Å². The lowest BCUT2D eigenvalue weighted by molar-refractivity contribution is 0.660. The second kappa shape index (κ2) is 10.9. The molecule has 3 aliphatic rings. The van der Waals surface area contributed by atoms with Gasteiger partial charge in [0.25, 0.3) is 0 Å². The van der Waals surface area contributed by atoms with Crippen LogP contribution in [-0.2, 0) is 5.41 Å². The minimum atomic E-state index is -0.185. The van der Waals surface area contributed by atoms with Gasteiger partial charge < -0.3 is 9.38 Å². The predicted molar refractivity (Wildman–Crippen MR) is 261 cm³/mol. The Labute approximate surface area is 354 Å². The largest absolute Gasteiger partial charge is 0.375 e. The van der Waals surface area contributed by atoms with Gasteiger partial charge in [-0.25, -0.2) is 0 Å². The summed E-state index contributed by atoms with van der Waals surface area (Å²) in [6.07, 6.45) is 0. The first kappa shape index (κ1) is 32.2. The second-order valence-electron chi connectivity index (χ2n) is 17.6. The monoisotopic (exact) mass is 796 g/mol. The van der Waals surface area contributed by atoms with Gasteiger partial charge >= 0.3 is 6.85 Å². The van der Waals surface area contributed by atoms with Crippen LogP contribution in [0.25, 0.3) is 95.2 Å². The Hall–Kier alpha value is -6.66. The van der Waals surface area contributed by atoms with Crippen LogP contribution in [0.2, 0.25) is 0 Å². The number of para-hydroxylation sites is 1. The zero-order valence-corrected chi connectivity index (χ0v) is 34.5. The smallest absolute Gasteiger partial charge is 0.333 e. The van der Waals surface area contributed by atoms with Crippen molar-refractivity contribution in [3.8, 4) is 22.3 Å². The minimum absolute atomic E-state index is 0.0428. The van der Waals surface area contributed by atoms with E-state index in [1.54, 1.807) is 0 Å². The number of benzene rings is 9. The average Bonchev–Trinajstić information content (AvgIpc) is 4.00. The van der Waals surface area contributed by atoms with Crippen molar-refractivity contribution in [2.24, 2.45) is 0 Å². The molecule has 12 aromatic rings. The van der Waals surface area contributed by atoms with E-state index in [0.29, 0.717) is 0 Å². The first-order valence-corrected chi connectivity index (χ1v) is 22.6. The molecule has 0 radical (unpaired) electrons. The maximum Gasteiger partial charge on any atom is 0.333 e. The van der Waals surface area contributed by atoms with Gasteiger partial charge in [-0.05, 0) is 110 Å². The molecule has 1 aliphatic carbocycles. The molecule has 0 N–H and O–H groups in total. The predicted octanol–water partition coefficient (Wildman–Crippen LogP) is 14.4. The summed E-state index contributed by atoms with van der Waals surface area (Å²) in [5.41, 5.74) is 17.2. The van der Waals surface area contributed by atoms with Crippen molar-refractivity contribution in [2.45, 2.75) is 19.3 Å². The molecule has 0 atom stereocenters. The molecule has 0 fully saturated rings. The molecule has 278 valence electrons. The van der Waals surface area contributed by atoms with Crippen LogP contribution in [0, 0.1) is 0 Å². The third-order valence-corrected chi connectivity index (χ3v) is 16.6. The SMILES string of the molecule is CC1(C)c2ccccc2-c2c1cc1c3c2-c2cccc4c5cc6ccccc6cc5n(c24)B3c2cc3sc4ccccc4c3cc2N1c1ccc2sc3ccccc3c2c1. The molecule has 2 nitrogen and oxygen atoms in total. The average molecular weight is 797 g/mol. The number of anilines is 3. The van der Waals surface area contributed by atoms with Crippen LogP contribution < -0.4 is 15.8 Å². The van der Waals surface area contributed by atoms with E-state index in [9.17, 15) is 0 Å². The van der Waals surface area contributed by atoms with E-state index in [-0.39, 0.29) is 12.3 Å². The lowest BCUT2D eigenvalue weighted by Gasteiger charge is -2.42. The highest BCUT2D eigenvalue weighted by atomic mass is 32.1. The number of hydrogen-bond acceptors (Lipinski definition) is 3. The van der Waals surface area contributed by atoms with Crippen molar-refractivity contribution in [2.75, 3.05) is 4.90 Å². The molecule has 0 saturated heterocycles.